The first-order valence-electron chi connectivity index (χ1n) is 8.28. The fourth-order valence-corrected chi connectivity index (χ4v) is 3.39. The number of aromatic nitrogens is 2. The minimum Gasteiger partial charge on any atom is -0.355 e. The van der Waals surface area contributed by atoms with Gasteiger partial charge in [0.2, 0.25) is 11.8 Å². The molecule has 7 nitrogen and oxygen atoms in total. The Kier molecular flexibility index (Phi) is 4.28. The molecule has 2 aliphatic heterocycles. The standard InChI is InChI=1S/C16H25N5O2/c1-16(7-5-13(22)17-11-16)15(23)19-12-4-3-9-21(10-12)14-6-8-18-20(14)2/h6,8,12H,3-5,7,9-11H2,1-2H3,(H,17,22)(H,19,23)/t12-,16-/m0/s1. The lowest BCUT2D eigenvalue weighted by Gasteiger charge is -2.38. The van der Waals surface area contributed by atoms with Gasteiger partial charge in [0.05, 0.1) is 11.6 Å². The third kappa shape index (κ3) is 3.33. The van der Waals surface area contributed by atoms with Gasteiger partial charge in [0.1, 0.15) is 5.82 Å². The second kappa shape index (κ2) is 6.22. The summed E-state index contributed by atoms with van der Waals surface area (Å²) in [5.74, 6) is 1.17. The zero-order valence-electron chi connectivity index (χ0n) is 13.8. The molecule has 3 rings (SSSR count). The summed E-state index contributed by atoms with van der Waals surface area (Å²) in [5, 5.41) is 10.2. The number of carbonyl (C=O) groups excluding carboxylic acids is 2. The molecule has 7 heteroatoms. The van der Waals surface area contributed by atoms with Crippen molar-refractivity contribution in [2.24, 2.45) is 12.5 Å². The molecule has 2 fully saturated rings. The summed E-state index contributed by atoms with van der Waals surface area (Å²) in [6, 6.07) is 2.14. The molecule has 3 heterocycles. The Bertz CT molecular complexity index is 587. The Morgan fingerprint density at radius 2 is 2.35 bits per heavy atom. The van der Waals surface area contributed by atoms with E-state index in [1.54, 1.807) is 6.20 Å². The fraction of sp³-hybridized carbons (Fsp3) is 0.688. The second-order valence-corrected chi connectivity index (χ2v) is 6.91. The number of piperidine rings is 2. The highest BCUT2D eigenvalue weighted by atomic mass is 16.2. The van der Waals surface area contributed by atoms with Crippen LogP contribution in [0.2, 0.25) is 0 Å². The summed E-state index contributed by atoms with van der Waals surface area (Å²) in [7, 11) is 1.93. The van der Waals surface area contributed by atoms with Crippen LogP contribution in [-0.4, -0.2) is 47.3 Å². The molecule has 23 heavy (non-hydrogen) atoms. The molecule has 1 aromatic heterocycles. The first-order valence-corrected chi connectivity index (χ1v) is 8.28. The van der Waals surface area contributed by atoms with E-state index in [1.807, 2.05) is 24.7 Å². The predicted octanol–water partition coefficient (Wildman–Crippen LogP) is 0.421. The Morgan fingerprint density at radius 1 is 1.52 bits per heavy atom. The van der Waals surface area contributed by atoms with E-state index in [0.717, 1.165) is 31.7 Å². The molecular weight excluding hydrogens is 294 g/mol. The minimum atomic E-state index is -0.497. The molecule has 2 N–H and O–H groups in total. The molecule has 0 radical (unpaired) electrons. The normalized spacial score (nSPS) is 28.3. The summed E-state index contributed by atoms with van der Waals surface area (Å²) in [4.78, 5) is 26.2. The van der Waals surface area contributed by atoms with Gasteiger partial charge in [-0.25, -0.2) is 0 Å². The van der Waals surface area contributed by atoms with E-state index < -0.39 is 5.41 Å². The van der Waals surface area contributed by atoms with Gasteiger partial charge < -0.3 is 15.5 Å². The van der Waals surface area contributed by atoms with Gasteiger partial charge in [-0.15, -0.1) is 0 Å². The molecule has 0 spiro atoms. The van der Waals surface area contributed by atoms with Gasteiger partial charge in [0, 0.05) is 45.2 Å². The number of hydrogen-bond donors (Lipinski definition) is 2. The van der Waals surface area contributed by atoms with Crippen LogP contribution < -0.4 is 15.5 Å². The monoisotopic (exact) mass is 319 g/mol. The van der Waals surface area contributed by atoms with Gasteiger partial charge in [-0.05, 0) is 26.2 Å². The molecule has 2 amide bonds. The van der Waals surface area contributed by atoms with Crippen LogP contribution in [0.25, 0.3) is 0 Å². The van der Waals surface area contributed by atoms with E-state index in [0.29, 0.717) is 19.4 Å². The number of hydrogen-bond acceptors (Lipinski definition) is 4. The Labute approximate surface area is 136 Å². The molecule has 0 aliphatic carbocycles. The number of nitrogens with one attached hydrogen (secondary N) is 2. The Morgan fingerprint density at radius 3 is 3.00 bits per heavy atom. The molecule has 0 unspecified atom stereocenters. The lowest BCUT2D eigenvalue weighted by atomic mass is 9.81. The number of anilines is 1. The maximum absolute atomic E-state index is 12.7. The van der Waals surface area contributed by atoms with Crippen LogP contribution in [0.3, 0.4) is 0 Å². The minimum absolute atomic E-state index is 0.0373. The summed E-state index contributed by atoms with van der Waals surface area (Å²) < 4.78 is 1.86. The van der Waals surface area contributed by atoms with Crippen LogP contribution in [0.4, 0.5) is 5.82 Å². The number of rotatable bonds is 3. The lowest BCUT2D eigenvalue weighted by Crippen LogP contribution is -2.55. The van der Waals surface area contributed by atoms with Crippen molar-refractivity contribution in [1.29, 1.82) is 0 Å². The van der Waals surface area contributed by atoms with Crippen molar-refractivity contribution in [1.82, 2.24) is 20.4 Å². The molecule has 2 aliphatic rings. The van der Waals surface area contributed by atoms with Crippen LogP contribution in [0, 0.1) is 5.41 Å². The van der Waals surface area contributed by atoms with Crippen LogP contribution in [-0.2, 0) is 16.6 Å². The summed E-state index contributed by atoms with van der Waals surface area (Å²) in [6.45, 7) is 4.15. The van der Waals surface area contributed by atoms with E-state index in [4.69, 9.17) is 0 Å². The fourth-order valence-electron chi connectivity index (χ4n) is 3.39. The van der Waals surface area contributed by atoms with Gasteiger partial charge in [0.25, 0.3) is 0 Å². The SMILES string of the molecule is Cn1nccc1N1CCC[C@H](NC(=O)[C@@]2(C)CCC(=O)NC2)C1. The molecule has 2 atom stereocenters. The van der Waals surface area contributed by atoms with Crippen molar-refractivity contribution in [3.63, 3.8) is 0 Å². The van der Waals surface area contributed by atoms with Crippen LogP contribution in [0.15, 0.2) is 12.3 Å². The van der Waals surface area contributed by atoms with Gasteiger partial charge in [0.15, 0.2) is 0 Å². The van der Waals surface area contributed by atoms with Crippen LogP contribution in [0.5, 0.6) is 0 Å². The topological polar surface area (TPSA) is 79.3 Å². The first kappa shape index (κ1) is 15.8. The summed E-state index contributed by atoms with van der Waals surface area (Å²) in [5.41, 5.74) is -0.497. The molecule has 1 aromatic rings. The Balaban J connectivity index is 1.60. The van der Waals surface area contributed by atoms with Crippen molar-refractivity contribution in [3.8, 4) is 0 Å². The van der Waals surface area contributed by atoms with E-state index in [1.165, 1.54) is 0 Å². The molecular formula is C16H25N5O2. The Hall–Kier alpha value is -2.05. The maximum atomic E-state index is 12.7. The third-order valence-electron chi connectivity index (χ3n) is 5.00. The smallest absolute Gasteiger partial charge is 0.228 e. The number of amides is 2. The number of nitrogens with zero attached hydrogens (tertiary/aromatic N) is 3. The average molecular weight is 319 g/mol. The van der Waals surface area contributed by atoms with Gasteiger partial charge >= 0.3 is 0 Å². The van der Waals surface area contributed by atoms with Crippen molar-refractivity contribution in [2.45, 2.75) is 38.6 Å². The highest BCUT2D eigenvalue weighted by Crippen LogP contribution is 2.27. The first-order chi connectivity index (χ1) is 11.0. The van der Waals surface area contributed by atoms with E-state index >= 15 is 0 Å². The van der Waals surface area contributed by atoms with E-state index in [2.05, 4.69) is 20.6 Å². The van der Waals surface area contributed by atoms with Crippen LogP contribution in [0.1, 0.15) is 32.6 Å². The summed E-state index contributed by atoms with van der Waals surface area (Å²) in [6.07, 6.45) is 4.87. The maximum Gasteiger partial charge on any atom is 0.228 e. The van der Waals surface area contributed by atoms with Gasteiger partial charge in [-0.1, -0.05) is 0 Å². The van der Waals surface area contributed by atoms with Crippen molar-refractivity contribution in [3.05, 3.63) is 12.3 Å². The number of carbonyl (C=O) groups is 2. The molecule has 126 valence electrons. The van der Waals surface area contributed by atoms with Crippen LogP contribution >= 0.6 is 0 Å². The molecule has 0 saturated carbocycles. The average Bonchev–Trinajstić information content (AvgIpc) is 2.97. The lowest BCUT2D eigenvalue weighted by molar-refractivity contribution is -0.135. The summed E-state index contributed by atoms with van der Waals surface area (Å²) >= 11 is 0. The van der Waals surface area contributed by atoms with E-state index in [9.17, 15) is 9.59 Å². The largest absolute Gasteiger partial charge is 0.355 e. The zero-order valence-corrected chi connectivity index (χ0v) is 13.8. The molecule has 0 aromatic carbocycles. The molecule has 0 bridgehead atoms. The van der Waals surface area contributed by atoms with Gasteiger partial charge in [-0.2, -0.15) is 5.10 Å². The quantitative estimate of drug-likeness (QED) is 0.846. The van der Waals surface area contributed by atoms with Crippen molar-refractivity contribution in [2.75, 3.05) is 24.5 Å². The van der Waals surface area contributed by atoms with Crippen molar-refractivity contribution >= 4 is 17.6 Å². The predicted molar refractivity (Wildman–Crippen MR) is 86.9 cm³/mol. The zero-order chi connectivity index (χ0) is 16.4. The van der Waals surface area contributed by atoms with Gasteiger partial charge in [-0.3, -0.25) is 14.3 Å². The van der Waals surface area contributed by atoms with Crippen molar-refractivity contribution < 1.29 is 9.59 Å². The van der Waals surface area contributed by atoms with E-state index in [-0.39, 0.29) is 17.9 Å². The number of aryl methyl sites for hydroxylation is 1. The highest BCUT2D eigenvalue weighted by Gasteiger charge is 2.38. The molecule has 2 saturated heterocycles. The second-order valence-electron chi connectivity index (χ2n) is 6.91. The highest BCUT2D eigenvalue weighted by molar-refractivity contribution is 5.86. The third-order valence-corrected chi connectivity index (χ3v) is 5.00.